The lowest BCUT2D eigenvalue weighted by Gasteiger charge is -2.27. The number of carbonyl (C=O) groups excluding carboxylic acids is 1. The lowest BCUT2D eigenvalue weighted by Crippen LogP contribution is -2.40. The standard InChI is InChI=1S/C20H24N2O3S/c1-15-12-17(10-11-21-15)20(23)22-18-7-5-6-16(13-18)14-26(24,25)19-8-3-2-4-9-19/h2-9,13,15,17,21H,10-12,14H2,1H3,(H,22,23)/t15-,17-/m0/s1. The minimum Gasteiger partial charge on any atom is -0.326 e. The molecule has 0 bridgehead atoms. The van der Waals surface area contributed by atoms with Gasteiger partial charge in [-0.15, -0.1) is 0 Å². The van der Waals surface area contributed by atoms with Gasteiger partial charge in [-0.2, -0.15) is 0 Å². The van der Waals surface area contributed by atoms with Gasteiger partial charge in [0.1, 0.15) is 0 Å². The van der Waals surface area contributed by atoms with Gasteiger partial charge in [-0.3, -0.25) is 4.79 Å². The van der Waals surface area contributed by atoms with E-state index in [1.54, 1.807) is 54.6 Å². The molecule has 138 valence electrons. The first-order valence-corrected chi connectivity index (χ1v) is 10.5. The Balaban J connectivity index is 1.69. The Kier molecular flexibility index (Phi) is 5.74. The average molecular weight is 372 g/mol. The summed E-state index contributed by atoms with van der Waals surface area (Å²) in [6, 6.07) is 15.8. The molecule has 0 radical (unpaired) electrons. The number of piperidine rings is 1. The predicted octanol–water partition coefficient (Wildman–Crippen LogP) is 2.99. The fourth-order valence-corrected chi connectivity index (χ4v) is 4.64. The summed E-state index contributed by atoms with van der Waals surface area (Å²) in [5.41, 5.74) is 1.30. The Morgan fingerprint density at radius 1 is 1.15 bits per heavy atom. The van der Waals surface area contributed by atoms with Gasteiger partial charge in [-0.1, -0.05) is 30.3 Å². The van der Waals surface area contributed by atoms with Gasteiger partial charge in [0.15, 0.2) is 9.84 Å². The van der Waals surface area contributed by atoms with Crippen molar-refractivity contribution in [3.8, 4) is 0 Å². The molecule has 1 aliphatic heterocycles. The number of anilines is 1. The highest BCUT2D eigenvalue weighted by Crippen LogP contribution is 2.21. The van der Waals surface area contributed by atoms with Crippen molar-refractivity contribution in [1.29, 1.82) is 0 Å². The summed E-state index contributed by atoms with van der Waals surface area (Å²) in [4.78, 5) is 12.8. The van der Waals surface area contributed by atoms with Crippen LogP contribution in [0.5, 0.6) is 0 Å². The Morgan fingerprint density at radius 3 is 2.65 bits per heavy atom. The maximum absolute atomic E-state index is 12.5. The molecule has 1 aliphatic rings. The van der Waals surface area contributed by atoms with Crippen molar-refractivity contribution in [3.05, 3.63) is 60.2 Å². The van der Waals surface area contributed by atoms with Crippen LogP contribution in [0.1, 0.15) is 25.3 Å². The number of sulfone groups is 1. The van der Waals surface area contributed by atoms with Crippen LogP contribution in [-0.4, -0.2) is 26.9 Å². The average Bonchev–Trinajstić information content (AvgIpc) is 2.62. The molecule has 1 fully saturated rings. The number of amides is 1. The first kappa shape index (κ1) is 18.6. The summed E-state index contributed by atoms with van der Waals surface area (Å²) in [5, 5.41) is 6.27. The van der Waals surface area contributed by atoms with Gasteiger partial charge in [0.05, 0.1) is 10.6 Å². The van der Waals surface area contributed by atoms with E-state index in [1.165, 1.54) is 0 Å². The van der Waals surface area contributed by atoms with Crippen LogP contribution in [0.25, 0.3) is 0 Å². The Morgan fingerprint density at radius 2 is 1.92 bits per heavy atom. The number of hydrogen-bond acceptors (Lipinski definition) is 4. The van der Waals surface area contributed by atoms with Crippen LogP contribution >= 0.6 is 0 Å². The number of hydrogen-bond donors (Lipinski definition) is 2. The van der Waals surface area contributed by atoms with E-state index in [-0.39, 0.29) is 17.6 Å². The zero-order valence-corrected chi connectivity index (χ0v) is 15.6. The molecule has 2 atom stereocenters. The molecule has 2 aromatic rings. The van der Waals surface area contributed by atoms with E-state index in [0.717, 1.165) is 19.4 Å². The van der Waals surface area contributed by atoms with Crippen LogP contribution in [0.15, 0.2) is 59.5 Å². The molecule has 6 heteroatoms. The zero-order valence-electron chi connectivity index (χ0n) is 14.8. The molecule has 0 unspecified atom stereocenters. The molecule has 0 spiro atoms. The second kappa shape index (κ2) is 8.01. The van der Waals surface area contributed by atoms with Crippen LogP contribution in [0.4, 0.5) is 5.69 Å². The van der Waals surface area contributed by atoms with Crippen molar-refractivity contribution < 1.29 is 13.2 Å². The maximum atomic E-state index is 12.5. The van der Waals surface area contributed by atoms with Crippen molar-refractivity contribution >= 4 is 21.4 Å². The lowest BCUT2D eigenvalue weighted by atomic mass is 9.92. The van der Waals surface area contributed by atoms with Crippen molar-refractivity contribution in [2.24, 2.45) is 5.92 Å². The molecule has 0 aromatic heterocycles. The quantitative estimate of drug-likeness (QED) is 0.846. The van der Waals surface area contributed by atoms with Crippen molar-refractivity contribution in [3.63, 3.8) is 0 Å². The fourth-order valence-electron chi connectivity index (χ4n) is 3.28. The van der Waals surface area contributed by atoms with Crippen LogP contribution in [-0.2, 0) is 20.4 Å². The van der Waals surface area contributed by atoms with Gasteiger partial charge in [0.25, 0.3) is 0 Å². The lowest BCUT2D eigenvalue weighted by molar-refractivity contribution is -0.120. The number of nitrogens with one attached hydrogen (secondary N) is 2. The molecule has 0 saturated carbocycles. The largest absolute Gasteiger partial charge is 0.326 e. The Bertz CT molecular complexity index is 866. The van der Waals surface area contributed by atoms with Crippen molar-refractivity contribution in [1.82, 2.24) is 5.32 Å². The molecule has 2 aromatic carbocycles. The first-order chi connectivity index (χ1) is 12.4. The number of carbonyl (C=O) groups is 1. The second-order valence-corrected chi connectivity index (χ2v) is 8.83. The minimum atomic E-state index is -3.41. The highest BCUT2D eigenvalue weighted by Gasteiger charge is 2.24. The van der Waals surface area contributed by atoms with Gasteiger partial charge >= 0.3 is 0 Å². The van der Waals surface area contributed by atoms with E-state index in [9.17, 15) is 13.2 Å². The highest BCUT2D eigenvalue weighted by atomic mass is 32.2. The smallest absolute Gasteiger partial charge is 0.227 e. The minimum absolute atomic E-state index is 0.00131. The molecule has 26 heavy (non-hydrogen) atoms. The van der Waals surface area contributed by atoms with Crippen LogP contribution in [0, 0.1) is 5.92 Å². The number of benzene rings is 2. The molecule has 2 N–H and O–H groups in total. The molecular formula is C20H24N2O3S. The van der Waals surface area contributed by atoms with Crippen LogP contribution < -0.4 is 10.6 Å². The number of rotatable bonds is 5. The summed E-state index contributed by atoms with van der Waals surface area (Å²) >= 11 is 0. The van der Waals surface area contributed by atoms with Gasteiger partial charge < -0.3 is 10.6 Å². The summed E-state index contributed by atoms with van der Waals surface area (Å²) < 4.78 is 25.0. The summed E-state index contributed by atoms with van der Waals surface area (Å²) in [5.74, 6) is -0.102. The first-order valence-electron chi connectivity index (χ1n) is 8.85. The molecular weight excluding hydrogens is 348 g/mol. The van der Waals surface area contributed by atoms with E-state index in [2.05, 4.69) is 17.6 Å². The summed E-state index contributed by atoms with van der Waals surface area (Å²) in [6.45, 7) is 2.92. The molecule has 3 rings (SSSR count). The third-order valence-electron chi connectivity index (χ3n) is 4.65. The van der Waals surface area contributed by atoms with Gasteiger partial charge in [-0.05, 0) is 56.1 Å². The van der Waals surface area contributed by atoms with E-state index >= 15 is 0 Å². The van der Waals surface area contributed by atoms with Gasteiger partial charge in [0, 0.05) is 17.6 Å². The van der Waals surface area contributed by atoms with Crippen LogP contribution in [0.2, 0.25) is 0 Å². The maximum Gasteiger partial charge on any atom is 0.227 e. The monoisotopic (exact) mass is 372 g/mol. The summed E-state index contributed by atoms with van der Waals surface area (Å²) in [6.07, 6.45) is 1.63. The highest BCUT2D eigenvalue weighted by molar-refractivity contribution is 7.90. The topological polar surface area (TPSA) is 75.3 Å². The van der Waals surface area contributed by atoms with Crippen molar-refractivity contribution in [2.75, 3.05) is 11.9 Å². The summed E-state index contributed by atoms with van der Waals surface area (Å²) in [7, 11) is -3.41. The SMILES string of the molecule is C[C@H]1C[C@@H](C(=O)Nc2cccc(CS(=O)(=O)c3ccccc3)c2)CCN1. The van der Waals surface area contributed by atoms with Gasteiger partial charge in [0.2, 0.25) is 5.91 Å². The third kappa shape index (κ3) is 4.71. The molecule has 1 saturated heterocycles. The van der Waals surface area contributed by atoms with Crippen LogP contribution in [0.3, 0.4) is 0 Å². The van der Waals surface area contributed by atoms with E-state index in [1.807, 2.05) is 0 Å². The second-order valence-electron chi connectivity index (χ2n) is 6.84. The van der Waals surface area contributed by atoms with Gasteiger partial charge in [-0.25, -0.2) is 8.42 Å². The Hall–Kier alpha value is -2.18. The van der Waals surface area contributed by atoms with E-state index in [4.69, 9.17) is 0 Å². The molecule has 1 heterocycles. The fraction of sp³-hybridized carbons (Fsp3) is 0.350. The van der Waals surface area contributed by atoms with E-state index < -0.39 is 9.84 Å². The van der Waals surface area contributed by atoms with Crippen molar-refractivity contribution in [2.45, 2.75) is 36.5 Å². The Labute approximate surface area is 154 Å². The molecule has 0 aliphatic carbocycles. The zero-order chi connectivity index (χ0) is 18.6. The van der Waals surface area contributed by atoms with E-state index in [0.29, 0.717) is 22.2 Å². The normalized spacial score (nSPS) is 20.5. The molecule has 1 amide bonds. The molecule has 5 nitrogen and oxygen atoms in total. The predicted molar refractivity (Wildman–Crippen MR) is 103 cm³/mol. The third-order valence-corrected chi connectivity index (χ3v) is 6.35.